The Kier molecular flexibility index (Phi) is 6.29. The quantitative estimate of drug-likeness (QED) is 0.657. The molecule has 0 atom stereocenters. The van der Waals surface area contributed by atoms with E-state index in [-0.39, 0.29) is 0 Å². The molecule has 0 saturated heterocycles. The van der Waals surface area contributed by atoms with Crippen LogP contribution in [0.4, 0.5) is 5.69 Å². The largest absolute Gasteiger partial charge is 0.370 e. The molecular formula is C16H20Br2N2S. The van der Waals surface area contributed by atoms with Gasteiger partial charge in [-0.1, -0.05) is 35.8 Å². The lowest BCUT2D eigenvalue weighted by atomic mass is 10.2. The molecule has 1 N–H and O–H groups in total. The minimum absolute atomic E-state index is 0.497. The van der Waals surface area contributed by atoms with E-state index in [0.29, 0.717) is 6.04 Å². The highest BCUT2D eigenvalue weighted by Gasteiger charge is 2.07. The van der Waals surface area contributed by atoms with E-state index in [0.717, 1.165) is 17.6 Å². The van der Waals surface area contributed by atoms with Crippen molar-refractivity contribution in [2.24, 2.45) is 0 Å². The van der Waals surface area contributed by atoms with Gasteiger partial charge in [0.1, 0.15) is 0 Å². The Balaban J connectivity index is 2.04. The van der Waals surface area contributed by atoms with E-state index in [1.807, 2.05) is 0 Å². The summed E-state index contributed by atoms with van der Waals surface area (Å²) in [6, 6.07) is 9.24. The second-order valence-electron chi connectivity index (χ2n) is 5.43. The summed E-state index contributed by atoms with van der Waals surface area (Å²) in [5.74, 6) is 0. The Labute approximate surface area is 147 Å². The molecule has 2 aromatic rings. The van der Waals surface area contributed by atoms with Crippen LogP contribution in [0.25, 0.3) is 0 Å². The Hall–Kier alpha value is -0.360. The number of hydrogen-bond donors (Lipinski definition) is 1. The molecule has 0 spiro atoms. The average Bonchev–Trinajstić information content (AvgIpc) is 2.82. The maximum atomic E-state index is 3.68. The summed E-state index contributed by atoms with van der Waals surface area (Å²) in [5.41, 5.74) is 3.84. The van der Waals surface area contributed by atoms with Crippen molar-refractivity contribution in [1.29, 1.82) is 0 Å². The molecule has 0 unspecified atom stereocenters. The highest BCUT2D eigenvalue weighted by Crippen LogP contribution is 2.26. The number of nitrogens with zero attached hydrogens (tertiary/aromatic N) is 1. The number of halogens is 2. The zero-order chi connectivity index (χ0) is 15.4. The second kappa shape index (κ2) is 7.77. The van der Waals surface area contributed by atoms with Crippen molar-refractivity contribution in [2.45, 2.75) is 33.0 Å². The predicted molar refractivity (Wildman–Crippen MR) is 100 cm³/mol. The minimum atomic E-state index is 0.497. The van der Waals surface area contributed by atoms with Gasteiger partial charge in [-0.15, -0.1) is 11.3 Å². The van der Waals surface area contributed by atoms with Gasteiger partial charge in [0.15, 0.2) is 0 Å². The van der Waals surface area contributed by atoms with Crippen molar-refractivity contribution in [3.63, 3.8) is 0 Å². The van der Waals surface area contributed by atoms with Gasteiger partial charge >= 0.3 is 0 Å². The molecule has 0 amide bonds. The van der Waals surface area contributed by atoms with Crippen molar-refractivity contribution < 1.29 is 0 Å². The fraction of sp³-hybridized carbons (Fsp3) is 0.375. The first kappa shape index (κ1) is 17.0. The van der Waals surface area contributed by atoms with Gasteiger partial charge in [0.25, 0.3) is 0 Å². The lowest BCUT2D eigenvalue weighted by Crippen LogP contribution is -2.22. The van der Waals surface area contributed by atoms with Crippen LogP contribution in [0.5, 0.6) is 0 Å². The second-order valence-corrected chi connectivity index (χ2v) is 8.57. The Morgan fingerprint density at radius 2 is 2.00 bits per heavy atom. The molecule has 0 saturated carbocycles. The summed E-state index contributed by atoms with van der Waals surface area (Å²) in [5, 5.41) is 5.64. The van der Waals surface area contributed by atoms with Crippen LogP contribution < -0.4 is 10.2 Å². The lowest BCUT2D eigenvalue weighted by Gasteiger charge is -2.20. The molecule has 0 bridgehead atoms. The minimum Gasteiger partial charge on any atom is -0.370 e. The zero-order valence-corrected chi connectivity index (χ0v) is 16.5. The number of rotatable bonds is 6. The summed E-state index contributed by atoms with van der Waals surface area (Å²) >= 11 is 8.93. The van der Waals surface area contributed by atoms with Crippen LogP contribution in [-0.2, 0) is 13.1 Å². The molecule has 5 heteroatoms. The maximum absolute atomic E-state index is 3.68. The molecule has 0 fully saturated rings. The van der Waals surface area contributed by atoms with Gasteiger partial charge in [0.2, 0.25) is 0 Å². The van der Waals surface area contributed by atoms with Crippen molar-refractivity contribution in [3.05, 3.63) is 49.0 Å². The molecule has 21 heavy (non-hydrogen) atoms. The van der Waals surface area contributed by atoms with Crippen molar-refractivity contribution in [2.75, 3.05) is 11.9 Å². The smallest absolute Gasteiger partial charge is 0.0701 e. The van der Waals surface area contributed by atoms with Crippen LogP contribution in [0.3, 0.4) is 0 Å². The van der Waals surface area contributed by atoms with Crippen LogP contribution in [0, 0.1) is 0 Å². The summed E-state index contributed by atoms with van der Waals surface area (Å²) in [6.07, 6.45) is 0. The molecule has 2 rings (SSSR count). The van der Waals surface area contributed by atoms with E-state index in [1.165, 1.54) is 20.6 Å². The molecule has 1 aromatic heterocycles. The molecule has 1 heterocycles. The number of thiophene rings is 1. The Morgan fingerprint density at radius 3 is 2.57 bits per heavy atom. The predicted octanol–water partition coefficient (Wildman–Crippen LogP) is 5.41. The topological polar surface area (TPSA) is 15.3 Å². The van der Waals surface area contributed by atoms with E-state index in [9.17, 15) is 0 Å². The molecule has 0 aliphatic heterocycles. The van der Waals surface area contributed by atoms with Crippen LogP contribution in [0.2, 0.25) is 0 Å². The number of anilines is 1. The van der Waals surface area contributed by atoms with Crippen LogP contribution in [-0.4, -0.2) is 13.1 Å². The molecule has 0 aliphatic rings. The standard InChI is InChI=1S/C16H20Br2N2S/c1-11(2)19-8-13-4-5-14(7-15(13)17)20(3)9-12-6-16(18)21-10-12/h4-7,10-11,19H,8-9H2,1-3H3. The Morgan fingerprint density at radius 1 is 1.24 bits per heavy atom. The van der Waals surface area contributed by atoms with Crippen molar-refractivity contribution >= 4 is 48.9 Å². The van der Waals surface area contributed by atoms with Gasteiger partial charge in [-0.05, 0) is 50.6 Å². The fourth-order valence-electron chi connectivity index (χ4n) is 2.02. The van der Waals surface area contributed by atoms with E-state index in [1.54, 1.807) is 11.3 Å². The fourth-order valence-corrected chi connectivity index (χ4v) is 3.73. The first-order valence-electron chi connectivity index (χ1n) is 6.91. The van der Waals surface area contributed by atoms with Crippen LogP contribution in [0.15, 0.2) is 37.9 Å². The monoisotopic (exact) mass is 430 g/mol. The highest BCUT2D eigenvalue weighted by molar-refractivity contribution is 9.11. The summed E-state index contributed by atoms with van der Waals surface area (Å²) in [4.78, 5) is 2.26. The van der Waals surface area contributed by atoms with E-state index in [4.69, 9.17) is 0 Å². The molecule has 0 aliphatic carbocycles. The zero-order valence-electron chi connectivity index (χ0n) is 12.5. The van der Waals surface area contributed by atoms with Crippen molar-refractivity contribution in [1.82, 2.24) is 5.32 Å². The first-order chi connectivity index (χ1) is 9.95. The van der Waals surface area contributed by atoms with Crippen molar-refractivity contribution in [3.8, 4) is 0 Å². The van der Waals surface area contributed by atoms with Gasteiger partial charge in [-0.2, -0.15) is 0 Å². The summed E-state index contributed by atoms with van der Waals surface area (Å²) < 4.78 is 2.34. The lowest BCUT2D eigenvalue weighted by molar-refractivity contribution is 0.588. The first-order valence-corrected chi connectivity index (χ1v) is 9.38. The van der Waals surface area contributed by atoms with Crippen LogP contribution >= 0.6 is 43.2 Å². The van der Waals surface area contributed by atoms with Gasteiger partial charge in [0, 0.05) is 36.3 Å². The maximum Gasteiger partial charge on any atom is 0.0701 e. The number of hydrogen-bond acceptors (Lipinski definition) is 3. The average molecular weight is 432 g/mol. The van der Waals surface area contributed by atoms with E-state index < -0.39 is 0 Å². The van der Waals surface area contributed by atoms with Gasteiger partial charge in [-0.3, -0.25) is 0 Å². The van der Waals surface area contributed by atoms with E-state index >= 15 is 0 Å². The van der Waals surface area contributed by atoms with Gasteiger partial charge in [0.05, 0.1) is 3.79 Å². The molecule has 0 radical (unpaired) electrons. The Bertz CT molecular complexity index is 596. The molecule has 114 valence electrons. The summed E-state index contributed by atoms with van der Waals surface area (Å²) in [7, 11) is 2.12. The SMILES string of the molecule is CC(C)NCc1ccc(N(C)Cc2csc(Br)c2)cc1Br. The van der Waals surface area contributed by atoms with E-state index in [2.05, 4.69) is 92.6 Å². The normalized spacial score (nSPS) is 11.1. The van der Waals surface area contributed by atoms with Crippen LogP contribution in [0.1, 0.15) is 25.0 Å². The third kappa shape index (κ3) is 5.09. The molecule has 2 nitrogen and oxygen atoms in total. The number of benzene rings is 1. The van der Waals surface area contributed by atoms with Gasteiger partial charge in [-0.25, -0.2) is 0 Å². The summed E-state index contributed by atoms with van der Waals surface area (Å²) in [6.45, 7) is 6.13. The molecular weight excluding hydrogens is 412 g/mol. The third-order valence-electron chi connectivity index (χ3n) is 3.22. The highest BCUT2D eigenvalue weighted by atomic mass is 79.9. The molecule has 1 aromatic carbocycles. The third-order valence-corrected chi connectivity index (χ3v) is 5.51. The van der Waals surface area contributed by atoms with Gasteiger partial charge < -0.3 is 10.2 Å². The number of nitrogens with one attached hydrogen (secondary N) is 1.